The van der Waals surface area contributed by atoms with Gasteiger partial charge in [0.2, 0.25) is 5.91 Å². The third kappa shape index (κ3) is 3.43. The van der Waals surface area contributed by atoms with Gasteiger partial charge in [-0.1, -0.05) is 17.7 Å². The number of aryl methyl sites for hydroxylation is 3. The van der Waals surface area contributed by atoms with Crippen LogP contribution < -0.4 is 4.90 Å². The van der Waals surface area contributed by atoms with Gasteiger partial charge in [0.1, 0.15) is 5.82 Å². The number of hydrogen-bond acceptors (Lipinski definition) is 3. The van der Waals surface area contributed by atoms with E-state index in [0.29, 0.717) is 29.8 Å². The number of rotatable bonds is 4. The molecular formula is C23H23FN2O3. The Morgan fingerprint density at radius 3 is 2.59 bits per heavy atom. The number of carbonyl (C=O) groups is 3. The SMILES string of the molecule is Cc1cc(F)c2c(c1)CCCN2C(=O)CCCN1C(=O)c2ccc(C)cc2C1=O. The van der Waals surface area contributed by atoms with Crippen LogP contribution in [-0.2, 0) is 11.2 Å². The van der Waals surface area contributed by atoms with Crippen molar-refractivity contribution in [1.82, 2.24) is 4.90 Å². The monoisotopic (exact) mass is 394 g/mol. The fraction of sp³-hybridized carbons (Fsp3) is 0.348. The molecule has 6 heteroatoms. The molecule has 2 aliphatic rings. The van der Waals surface area contributed by atoms with Gasteiger partial charge in [-0.3, -0.25) is 19.3 Å². The maximum atomic E-state index is 14.5. The van der Waals surface area contributed by atoms with Gasteiger partial charge in [-0.05, 0) is 62.4 Å². The van der Waals surface area contributed by atoms with Crippen LogP contribution in [0.4, 0.5) is 10.1 Å². The summed E-state index contributed by atoms with van der Waals surface area (Å²) in [6.07, 6.45) is 2.05. The van der Waals surface area contributed by atoms with Crippen molar-refractivity contribution in [3.8, 4) is 0 Å². The molecule has 150 valence electrons. The van der Waals surface area contributed by atoms with Gasteiger partial charge in [-0.2, -0.15) is 0 Å². The van der Waals surface area contributed by atoms with Gasteiger partial charge in [0, 0.05) is 19.5 Å². The van der Waals surface area contributed by atoms with Gasteiger partial charge in [0.15, 0.2) is 0 Å². The fourth-order valence-electron chi connectivity index (χ4n) is 4.22. The Morgan fingerprint density at radius 2 is 1.79 bits per heavy atom. The van der Waals surface area contributed by atoms with Crippen molar-refractivity contribution < 1.29 is 18.8 Å². The zero-order valence-electron chi connectivity index (χ0n) is 16.6. The van der Waals surface area contributed by atoms with Crippen molar-refractivity contribution in [1.29, 1.82) is 0 Å². The number of benzene rings is 2. The second-order valence-electron chi connectivity index (χ2n) is 7.82. The molecule has 2 heterocycles. The lowest BCUT2D eigenvalue weighted by molar-refractivity contribution is -0.118. The molecule has 0 aliphatic carbocycles. The average Bonchev–Trinajstić information content (AvgIpc) is 2.91. The van der Waals surface area contributed by atoms with Crippen LogP contribution in [0.25, 0.3) is 0 Å². The van der Waals surface area contributed by atoms with Gasteiger partial charge in [-0.15, -0.1) is 0 Å². The first-order chi connectivity index (χ1) is 13.9. The van der Waals surface area contributed by atoms with Crippen molar-refractivity contribution in [2.24, 2.45) is 0 Å². The Morgan fingerprint density at radius 1 is 1.03 bits per heavy atom. The average molecular weight is 394 g/mol. The van der Waals surface area contributed by atoms with Crippen LogP contribution in [0.3, 0.4) is 0 Å². The van der Waals surface area contributed by atoms with Gasteiger partial charge >= 0.3 is 0 Å². The number of fused-ring (bicyclic) bond motifs is 2. The summed E-state index contributed by atoms with van der Waals surface area (Å²) in [7, 11) is 0. The topological polar surface area (TPSA) is 57.7 Å². The predicted molar refractivity (Wildman–Crippen MR) is 108 cm³/mol. The van der Waals surface area contributed by atoms with E-state index in [4.69, 9.17) is 0 Å². The molecular weight excluding hydrogens is 371 g/mol. The Hall–Kier alpha value is -3.02. The van der Waals surface area contributed by atoms with E-state index in [9.17, 15) is 18.8 Å². The van der Waals surface area contributed by atoms with Crippen molar-refractivity contribution in [2.45, 2.75) is 39.5 Å². The van der Waals surface area contributed by atoms with E-state index in [1.807, 2.05) is 19.9 Å². The second-order valence-corrected chi connectivity index (χ2v) is 7.82. The molecule has 0 saturated carbocycles. The van der Waals surface area contributed by atoms with E-state index in [-0.39, 0.29) is 36.5 Å². The Bertz CT molecular complexity index is 1030. The van der Waals surface area contributed by atoms with E-state index >= 15 is 0 Å². The van der Waals surface area contributed by atoms with Crippen LogP contribution in [-0.4, -0.2) is 35.7 Å². The summed E-state index contributed by atoms with van der Waals surface area (Å²) in [6, 6.07) is 8.58. The lowest BCUT2D eigenvalue weighted by atomic mass is 9.98. The molecule has 3 amide bonds. The smallest absolute Gasteiger partial charge is 0.261 e. The van der Waals surface area contributed by atoms with Crippen LogP contribution in [0.1, 0.15) is 56.7 Å². The summed E-state index contributed by atoms with van der Waals surface area (Å²) in [6.45, 7) is 4.37. The number of imide groups is 1. The summed E-state index contributed by atoms with van der Waals surface area (Å²) >= 11 is 0. The lowest BCUT2D eigenvalue weighted by Crippen LogP contribution is -2.37. The van der Waals surface area contributed by atoms with Gasteiger partial charge in [-0.25, -0.2) is 4.39 Å². The van der Waals surface area contributed by atoms with Crippen molar-refractivity contribution in [3.05, 3.63) is 64.0 Å². The molecule has 29 heavy (non-hydrogen) atoms. The molecule has 2 aromatic carbocycles. The molecule has 0 aromatic heterocycles. The van der Waals surface area contributed by atoms with E-state index in [2.05, 4.69) is 0 Å². The van der Waals surface area contributed by atoms with Gasteiger partial charge in [0.25, 0.3) is 11.8 Å². The summed E-state index contributed by atoms with van der Waals surface area (Å²) in [5.74, 6) is -1.18. The van der Waals surface area contributed by atoms with Gasteiger partial charge in [0.05, 0.1) is 16.8 Å². The molecule has 0 saturated heterocycles. The molecule has 0 spiro atoms. The van der Waals surface area contributed by atoms with Crippen molar-refractivity contribution >= 4 is 23.4 Å². The second kappa shape index (κ2) is 7.43. The lowest BCUT2D eigenvalue weighted by Gasteiger charge is -2.30. The first-order valence-electron chi connectivity index (χ1n) is 9.93. The van der Waals surface area contributed by atoms with Crippen molar-refractivity contribution in [2.75, 3.05) is 18.0 Å². The molecule has 4 rings (SSSR count). The number of halogens is 1. The number of hydrogen-bond donors (Lipinski definition) is 0. The summed E-state index contributed by atoms with van der Waals surface area (Å²) in [5, 5.41) is 0. The number of nitrogens with zero attached hydrogens (tertiary/aromatic N) is 2. The molecule has 2 aliphatic heterocycles. The highest BCUT2D eigenvalue weighted by atomic mass is 19.1. The van der Waals surface area contributed by atoms with E-state index in [1.165, 1.54) is 15.9 Å². The normalized spacial score (nSPS) is 15.6. The zero-order valence-corrected chi connectivity index (χ0v) is 16.6. The van der Waals surface area contributed by atoms with Gasteiger partial charge < -0.3 is 4.90 Å². The Kier molecular flexibility index (Phi) is 4.94. The first-order valence-corrected chi connectivity index (χ1v) is 9.93. The summed E-state index contributed by atoms with van der Waals surface area (Å²) < 4.78 is 14.5. The quantitative estimate of drug-likeness (QED) is 0.742. The standard InChI is InChI=1S/C23H23FN2O3/c1-14-7-8-17-18(12-14)23(29)26(22(17)28)10-4-6-20(27)25-9-3-5-16-11-15(2)13-19(24)21(16)25/h7-8,11-13H,3-6,9-10H2,1-2H3. The highest BCUT2D eigenvalue weighted by molar-refractivity contribution is 6.21. The maximum Gasteiger partial charge on any atom is 0.261 e. The Balaban J connectivity index is 1.42. The fourth-order valence-corrected chi connectivity index (χ4v) is 4.22. The predicted octanol–water partition coefficient (Wildman–Crippen LogP) is 3.80. The molecule has 0 bridgehead atoms. The van der Waals surface area contributed by atoms with Crippen LogP contribution in [0.2, 0.25) is 0 Å². The summed E-state index contributed by atoms with van der Waals surface area (Å²) in [5.41, 5.74) is 3.83. The van der Waals surface area contributed by atoms with Crippen LogP contribution in [0, 0.1) is 19.7 Å². The minimum atomic E-state index is -0.372. The maximum absolute atomic E-state index is 14.5. The number of anilines is 1. The highest BCUT2D eigenvalue weighted by Gasteiger charge is 2.35. The van der Waals surface area contributed by atoms with E-state index in [0.717, 1.165) is 29.5 Å². The first kappa shape index (κ1) is 19.3. The minimum Gasteiger partial charge on any atom is -0.309 e. The molecule has 0 atom stereocenters. The Labute approximate surface area is 169 Å². The third-order valence-corrected chi connectivity index (χ3v) is 5.58. The molecule has 0 radical (unpaired) electrons. The molecule has 0 fully saturated rings. The van der Waals surface area contributed by atoms with E-state index < -0.39 is 0 Å². The number of carbonyl (C=O) groups excluding carboxylic acids is 3. The molecule has 2 aromatic rings. The molecule has 0 N–H and O–H groups in total. The molecule has 0 unspecified atom stereocenters. The van der Waals surface area contributed by atoms with Crippen LogP contribution >= 0.6 is 0 Å². The van der Waals surface area contributed by atoms with E-state index in [1.54, 1.807) is 18.2 Å². The third-order valence-electron chi connectivity index (χ3n) is 5.58. The van der Waals surface area contributed by atoms with Crippen LogP contribution in [0.5, 0.6) is 0 Å². The zero-order chi connectivity index (χ0) is 20.7. The van der Waals surface area contributed by atoms with Crippen molar-refractivity contribution in [3.63, 3.8) is 0 Å². The highest BCUT2D eigenvalue weighted by Crippen LogP contribution is 2.32. The minimum absolute atomic E-state index is 0.152. The van der Waals surface area contributed by atoms with Crippen LogP contribution in [0.15, 0.2) is 30.3 Å². The largest absolute Gasteiger partial charge is 0.309 e. The molecule has 5 nitrogen and oxygen atoms in total. The summed E-state index contributed by atoms with van der Waals surface area (Å²) in [4.78, 5) is 40.5. The number of amides is 3.